The number of methoxy groups -OCH3 is 1. The van der Waals surface area contributed by atoms with Crippen LogP contribution in [0.1, 0.15) is 32.1 Å². The van der Waals surface area contributed by atoms with E-state index < -0.39 is 6.10 Å². The fourth-order valence-corrected chi connectivity index (χ4v) is 1.53. The van der Waals surface area contributed by atoms with Gasteiger partial charge in [0.1, 0.15) is 6.10 Å². The van der Waals surface area contributed by atoms with Gasteiger partial charge in [-0.25, -0.2) is 4.68 Å². The van der Waals surface area contributed by atoms with Crippen LogP contribution in [0, 0.1) is 5.92 Å². The molecule has 86 valence electrons. The summed E-state index contributed by atoms with van der Waals surface area (Å²) >= 11 is 0. The van der Waals surface area contributed by atoms with Gasteiger partial charge in [-0.05, 0) is 6.42 Å². The molecule has 5 heteroatoms. The summed E-state index contributed by atoms with van der Waals surface area (Å²) in [6.07, 6.45) is 2.03. The van der Waals surface area contributed by atoms with Crippen molar-refractivity contribution in [3.63, 3.8) is 0 Å². The van der Waals surface area contributed by atoms with Gasteiger partial charge in [-0.1, -0.05) is 19.1 Å². The molecule has 0 bridgehead atoms. The molecule has 0 aliphatic heterocycles. The fraction of sp³-hybridized carbons (Fsp3) is 0.800. The first-order valence-electron chi connectivity index (χ1n) is 5.26. The molecule has 0 aromatic carbocycles. The van der Waals surface area contributed by atoms with E-state index in [1.54, 1.807) is 18.0 Å². The number of rotatable bonds is 6. The average molecular weight is 213 g/mol. The van der Waals surface area contributed by atoms with Gasteiger partial charge in [0.25, 0.3) is 0 Å². The van der Waals surface area contributed by atoms with E-state index in [0.29, 0.717) is 6.61 Å². The van der Waals surface area contributed by atoms with E-state index >= 15 is 0 Å². The molecule has 1 N–H and O–H groups in total. The molecule has 0 spiro atoms. The molecule has 1 aromatic rings. The largest absolute Gasteiger partial charge is 0.386 e. The third-order valence-corrected chi connectivity index (χ3v) is 2.35. The van der Waals surface area contributed by atoms with Crippen molar-refractivity contribution in [2.24, 2.45) is 5.92 Å². The Morgan fingerprint density at radius 3 is 2.93 bits per heavy atom. The lowest BCUT2D eigenvalue weighted by atomic mass is 10.0. The van der Waals surface area contributed by atoms with Gasteiger partial charge in [-0.3, -0.25) is 0 Å². The molecule has 1 rings (SSSR count). The summed E-state index contributed by atoms with van der Waals surface area (Å²) in [7, 11) is 1.63. The summed E-state index contributed by atoms with van der Waals surface area (Å²) in [4.78, 5) is 0. The third kappa shape index (κ3) is 3.00. The lowest BCUT2D eigenvalue weighted by molar-refractivity contribution is 0.0510. The lowest BCUT2D eigenvalue weighted by Gasteiger charge is -2.18. The van der Waals surface area contributed by atoms with E-state index in [-0.39, 0.29) is 5.92 Å². The maximum atomic E-state index is 10.0. The summed E-state index contributed by atoms with van der Waals surface area (Å²) in [5, 5.41) is 17.8. The van der Waals surface area contributed by atoms with Crippen molar-refractivity contribution < 1.29 is 9.84 Å². The smallest absolute Gasteiger partial charge is 0.102 e. The zero-order valence-electron chi connectivity index (χ0n) is 9.55. The van der Waals surface area contributed by atoms with Crippen LogP contribution in [0.15, 0.2) is 6.20 Å². The lowest BCUT2D eigenvalue weighted by Crippen LogP contribution is -2.18. The molecule has 0 saturated heterocycles. The molecule has 0 saturated carbocycles. The van der Waals surface area contributed by atoms with Crippen LogP contribution in [-0.4, -0.2) is 33.8 Å². The third-order valence-electron chi connectivity index (χ3n) is 2.35. The molecule has 0 aliphatic rings. The molecule has 2 unspecified atom stereocenters. The number of aryl methyl sites for hydroxylation is 1. The first-order chi connectivity index (χ1) is 7.20. The second kappa shape index (κ2) is 5.82. The minimum Gasteiger partial charge on any atom is -0.386 e. The van der Waals surface area contributed by atoms with Crippen LogP contribution < -0.4 is 0 Å². The van der Waals surface area contributed by atoms with Crippen LogP contribution in [-0.2, 0) is 11.3 Å². The summed E-state index contributed by atoms with van der Waals surface area (Å²) < 4.78 is 6.76. The van der Waals surface area contributed by atoms with E-state index in [1.165, 1.54) is 0 Å². The highest BCUT2D eigenvalue weighted by Crippen LogP contribution is 2.20. The highest BCUT2D eigenvalue weighted by Gasteiger charge is 2.20. The van der Waals surface area contributed by atoms with Crippen LogP contribution in [0.2, 0.25) is 0 Å². The first-order valence-corrected chi connectivity index (χ1v) is 5.26. The first kappa shape index (κ1) is 12.1. The number of aliphatic hydroxyl groups is 1. The van der Waals surface area contributed by atoms with E-state index in [0.717, 1.165) is 18.7 Å². The van der Waals surface area contributed by atoms with Gasteiger partial charge in [-0.15, -0.1) is 5.10 Å². The second-order valence-electron chi connectivity index (χ2n) is 3.76. The topological polar surface area (TPSA) is 60.2 Å². The van der Waals surface area contributed by atoms with Crippen molar-refractivity contribution in [1.29, 1.82) is 0 Å². The number of nitrogens with zero attached hydrogens (tertiary/aromatic N) is 3. The zero-order chi connectivity index (χ0) is 11.3. The monoisotopic (exact) mass is 213 g/mol. The molecule has 0 radical (unpaired) electrons. The van der Waals surface area contributed by atoms with E-state index in [2.05, 4.69) is 17.2 Å². The van der Waals surface area contributed by atoms with E-state index in [4.69, 9.17) is 4.74 Å². The Morgan fingerprint density at radius 1 is 1.60 bits per heavy atom. The van der Waals surface area contributed by atoms with E-state index in [1.807, 2.05) is 6.92 Å². The molecular formula is C10H19N3O2. The maximum Gasteiger partial charge on any atom is 0.102 e. The molecule has 1 heterocycles. The molecule has 0 aliphatic carbocycles. The number of hydrogen-bond donors (Lipinski definition) is 1. The Balaban J connectivity index is 2.71. The summed E-state index contributed by atoms with van der Waals surface area (Å²) in [5.41, 5.74) is 0.765. The van der Waals surface area contributed by atoms with Gasteiger partial charge in [0.05, 0.1) is 18.5 Å². The minimum atomic E-state index is -0.563. The van der Waals surface area contributed by atoms with Gasteiger partial charge in [0.15, 0.2) is 0 Å². The quantitative estimate of drug-likeness (QED) is 0.766. The zero-order valence-corrected chi connectivity index (χ0v) is 9.55. The van der Waals surface area contributed by atoms with Gasteiger partial charge >= 0.3 is 0 Å². The van der Waals surface area contributed by atoms with Crippen LogP contribution in [0.4, 0.5) is 0 Å². The molecular weight excluding hydrogens is 194 g/mol. The highest BCUT2D eigenvalue weighted by atomic mass is 16.5. The van der Waals surface area contributed by atoms with Crippen molar-refractivity contribution >= 4 is 0 Å². The maximum absolute atomic E-state index is 10.0. The van der Waals surface area contributed by atoms with Crippen LogP contribution in [0.3, 0.4) is 0 Å². The van der Waals surface area contributed by atoms with Crippen LogP contribution in [0.25, 0.3) is 0 Å². The summed E-state index contributed by atoms with van der Waals surface area (Å²) in [5.74, 6) is 0.0455. The Labute approximate surface area is 90.1 Å². The molecule has 5 nitrogen and oxygen atoms in total. The standard InChI is InChI=1S/C10H19N3O2/c1-4-5-13-9(6-11-12-13)10(14)8(2)7-15-3/h6,8,10,14H,4-5,7H2,1-3H3. The number of aliphatic hydroxyl groups excluding tert-OH is 1. The number of aromatic nitrogens is 3. The molecule has 2 atom stereocenters. The number of ether oxygens (including phenoxy) is 1. The van der Waals surface area contributed by atoms with Crippen molar-refractivity contribution in [2.75, 3.05) is 13.7 Å². The Bertz CT molecular complexity index is 288. The van der Waals surface area contributed by atoms with Gasteiger partial charge in [0.2, 0.25) is 0 Å². The SMILES string of the molecule is CCCn1nncc1C(O)C(C)COC. The molecule has 15 heavy (non-hydrogen) atoms. The second-order valence-corrected chi connectivity index (χ2v) is 3.76. The number of hydrogen-bond acceptors (Lipinski definition) is 4. The van der Waals surface area contributed by atoms with Crippen molar-refractivity contribution in [3.8, 4) is 0 Å². The Hall–Kier alpha value is -0.940. The van der Waals surface area contributed by atoms with Crippen LogP contribution in [0.5, 0.6) is 0 Å². The van der Waals surface area contributed by atoms with Gasteiger partial charge < -0.3 is 9.84 Å². The predicted octanol–water partition coefficient (Wildman–Crippen LogP) is 1.00. The highest BCUT2D eigenvalue weighted by molar-refractivity contribution is 5.00. The summed E-state index contributed by atoms with van der Waals surface area (Å²) in [6.45, 7) is 5.32. The minimum absolute atomic E-state index is 0.0455. The van der Waals surface area contributed by atoms with Crippen LogP contribution >= 0.6 is 0 Å². The summed E-state index contributed by atoms with van der Waals surface area (Å²) in [6, 6.07) is 0. The van der Waals surface area contributed by atoms with Gasteiger partial charge in [0, 0.05) is 19.6 Å². The average Bonchev–Trinajstić information content (AvgIpc) is 2.66. The fourth-order valence-electron chi connectivity index (χ4n) is 1.53. The Kier molecular flexibility index (Phi) is 4.71. The normalized spacial score (nSPS) is 15.2. The van der Waals surface area contributed by atoms with Crippen molar-refractivity contribution in [1.82, 2.24) is 15.0 Å². The Morgan fingerprint density at radius 2 is 2.33 bits per heavy atom. The van der Waals surface area contributed by atoms with Crippen molar-refractivity contribution in [2.45, 2.75) is 32.9 Å². The molecule has 0 fully saturated rings. The predicted molar refractivity (Wildman–Crippen MR) is 56.3 cm³/mol. The molecule has 1 aromatic heterocycles. The van der Waals surface area contributed by atoms with Crippen molar-refractivity contribution in [3.05, 3.63) is 11.9 Å². The van der Waals surface area contributed by atoms with E-state index in [9.17, 15) is 5.11 Å². The molecule has 0 amide bonds. The van der Waals surface area contributed by atoms with Gasteiger partial charge in [-0.2, -0.15) is 0 Å².